The van der Waals surface area contributed by atoms with Crippen molar-refractivity contribution in [3.63, 3.8) is 0 Å². The smallest absolute Gasteiger partial charge is 0.149 e. The van der Waals surface area contributed by atoms with Gasteiger partial charge in [-0.1, -0.05) is 24.3 Å². The summed E-state index contributed by atoms with van der Waals surface area (Å²) < 4.78 is 0. The normalized spacial score (nSPS) is 9.41. The molecule has 1 rings (SSSR count). The van der Waals surface area contributed by atoms with Crippen LogP contribution in [0, 0.1) is 11.3 Å². The van der Waals surface area contributed by atoms with Crippen molar-refractivity contribution >= 4 is 11.6 Å². The molecular formula is C18H22N4. The van der Waals surface area contributed by atoms with Gasteiger partial charge in [0.2, 0.25) is 0 Å². The first-order valence-electron chi connectivity index (χ1n) is 7.06. The zero-order chi connectivity index (χ0) is 16.4. The molecule has 4 nitrogen and oxygen atoms in total. The lowest BCUT2D eigenvalue weighted by Gasteiger charge is -2.25. The molecule has 0 fully saturated rings. The zero-order valence-corrected chi connectivity index (χ0v) is 12.9. The molecule has 0 aliphatic heterocycles. The molecule has 0 spiro atoms. The number of pyridine rings is 1. The van der Waals surface area contributed by atoms with Gasteiger partial charge < -0.3 is 9.80 Å². The van der Waals surface area contributed by atoms with Crippen molar-refractivity contribution in [2.24, 2.45) is 0 Å². The molecule has 4 heteroatoms. The highest BCUT2D eigenvalue weighted by atomic mass is 15.2. The molecule has 0 bridgehead atoms. The largest absolute Gasteiger partial charge is 0.349 e. The minimum atomic E-state index is 0.532. The molecule has 0 unspecified atom stereocenters. The highest BCUT2D eigenvalue weighted by Crippen LogP contribution is 2.22. The highest BCUT2D eigenvalue weighted by molar-refractivity contribution is 5.59. The van der Waals surface area contributed by atoms with Gasteiger partial charge in [-0.05, 0) is 12.1 Å². The average Bonchev–Trinajstić information content (AvgIpc) is 2.54. The third-order valence-electron chi connectivity index (χ3n) is 3.00. The van der Waals surface area contributed by atoms with Crippen LogP contribution in [0.5, 0.6) is 0 Å². The Bertz CT molecular complexity index is 563. The Hall–Kier alpha value is -2.80. The van der Waals surface area contributed by atoms with Gasteiger partial charge in [-0.25, -0.2) is 4.98 Å². The number of hydrogen-bond acceptors (Lipinski definition) is 4. The number of aromatic nitrogens is 1. The predicted octanol–water partition coefficient (Wildman–Crippen LogP) is 3.31. The summed E-state index contributed by atoms with van der Waals surface area (Å²) >= 11 is 0. The Kier molecular flexibility index (Phi) is 7.21. The van der Waals surface area contributed by atoms with Crippen LogP contribution in [-0.2, 0) is 0 Å². The van der Waals surface area contributed by atoms with E-state index in [9.17, 15) is 5.26 Å². The van der Waals surface area contributed by atoms with Crippen LogP contribution in [0.2, 0.25) is 0 Å². The van der Waals surface area contributed by atoms with Crippen molar-refractivity contribution in [2.45, 2.75) is 0 Å². The quantitative estimate of drug-likeness (QED) is 0.621. The fraction of sp³-hybridized carbons (Fsp3) is 0.222. The van der Waals surface area contributed by atoms with Crippen LogP contribution >= 0.6 is 0 Å². The minimum Gasteiger partial charge on any atom is -0.349 e. The number of anilines is 2. The van der Waals surface area contributed by atoms with Crippen molar-refractivity contribution in [1.29, 1.82) is 5.26 Å². The first kappa shape index (κ1) is 17.3. The van der Waals surface area contributed by atoms with Crippen molar-refractivity contribution in [3.05, 3.63) is 68.3 Å². The Balaban J connectivity index is 3.28. The minimum absolute atomic E-state index is 0.532. The van der Waals surface area contributed by atoms with Crippen LogP contribution in [0.15, 0.2) is 62.8 Å². The second-order valence-corrected chi connectivity index (χ2v) is 4.62. The lowest BCUT2D eigenvalue weighted by atomic mass is 10.2. The summed E-state index contributed by atoms with van der Waals surface area (Å²) in [4.78, 5) is 8.65. The Labute approximate surface area is 133 Å². The Morgan fingerprint density at radius 2 is 1.41 bits per heavy atom. The van der Waals surface area contributed by atoms with Crippen molar-refractivity contribution in [3.8, 4) is 6.07 Å². The first-order valence-corrected chi connectivity index (χ1v) is 7.06. The molecule has 1 aromatic heterocycles. The van der Waals surface area contributed by atoms with Crippen LogP contribution in [0.25, 0.3) is 0 Å². The van der Waals surface area contributed by atoms with Crippen molar-refractivity contribution in [2.75, 3.05) is 36.0 Å². The summed E-state index contributed by atoms with van der Waals surface area (Å²) in [5.41, 5.74) is 0.532. The van der Waals surface area contributed by atoms with Gasteiger partial charge in [-0.15, -0.1) is 26.3 Å². The molecule has 0 amide bonds. The van der Waals surface area contributed by atoms with Crippen LogP contribution in [0.3, 0.4) is 0 Å². The van der Waals surface area contributed by atoms with E-state index in [4.69, 9.17) is 0 Å². The Morgan fingerprint density at radius 1 is 0.909 bits per heavy atom. The molecule has 1 aromatic rings. The van der Waals surface area contributed by atoms with Gasteiger partial charge in [0.05, 0.1) is 5.56 Å². The van der Waals surface area contributed by atoms with E-state index in [0.29, 0.717) is 37.6 Å². The maximum absolute atomic E-state index is 9.33. The van der Waals surface area contributed by atoms with E-state index in [1.165, 1.54) is 0 Å². The maximum atomic E-state index is 9.33. The first-order chi connectivity index (χ1) is 10.7. The van der Waals surface area contributed by atoms with E-state index in [2.05, 4.69) is 37.4 Å². The average molecular weight is 294 g/mol. The van der Waals surface area contributed by atoms with Crippen molar-refractivity contribution < 1.29 is 0 Å². The van der Waals surface area contributed by atoms with Gasteiger partial charge in [0.15, 0.2) is 0 Å². The van der Waals surface area contributed by atoms with Crippen LogP contribution < -0.4 is 9.80 Å². The molecule has 114 valence electrons. The molecule has 0 aromatic carbocycles. The van der Waals surface area contributed by atoms with E-state index < -0.39 is 0 Å². The van der Waals surface area contributed by atoms with Crippen LogP contribution in [0.1, 0.15) is 5.56 Å². The van der Waals surface area contributed by atoms with Gasteiger partial charge in [0.25, 0.3) is 0 Å². The van der Waals surface area contributed by atoms with Gasteiger partial charge in [0.1, 0.15) is 17.7 Å². The van der Waals surface area contributed by atoms with Crippen LogP contribution in [-0.4, -0.2) is 31.2 Å². The topological polar surface area (TPSA) is 43.2 Å². The molecule has 0 radical (unpaired) electrons. The predicted molar refractivity (Wildman–Crippen MR) is 94.2 cm³/mol. The van der Waals surface area contributed by atoms with E-state index >= 15 is 0 Å². The summed E-state index contributed by atoms with van der Waals surface area (Å²) in [6, 6.07) is 5.82. The number of rotatable bonds is 10. The Morgan fingerprint density at radius 3 is 1.86 bits per heavy atom. The van der Waals surface area contributed by atoms with E-state index in [0.717, 1.165) is 5.82 Å². The summed E-state index contributed by atoms with van der Waals surface area (Å²) in [7, 11) is 0. The fourth-order valence-corrected chi connectivity index (χ4v) is 2.08. The second-order valence-electron chi connectivity index (χ2n) is 4.62. The van der Waals surface area contributed by atoms with E-state index in [1.807, 2.05) is 28.0 Å². The molecule has 0 aliphatic rings. The maximum Gasteiger partial charge on any atom is 0.149 e. The monoisotopic (exact) mass is 294 g/mol. The van der Waals surface area contributed by atoms with E-state index in [1.54, 1.807) is 18.2 Å². The van der Waals surface area contributed by atoms with Crippen LogP contribution in [0.4, 0.5) is 11.6 Å². The number of nitrogens with zero attached hydrogens (tertiary/aromatic N) is 4. The molecule has 0 atom stereocenters. The lowest BCUT2D eigenvalue weighted by Crippen LogP contribution is -2.28. The molecule has 0 saturated heterocycles. The van der Waals surface area contributed by atoms with E-state index in [-0.39, 0.29) is 0 Å². The fourth-order valence-electron chi connectivity index (χ4n) is 2.08. The third kappa shape index (κ3) is 4.35. The lowest BCUT2D eigenvalue weighted by molar-refractivity contribution is 0.889. The number of hydrogen-bond donors (Lipinski definition) is 0. The molecule has 0 saturated carbocycles. The zero-order valence-electron chi connectivity index (χ0n) is 12.9. The van der Waals surface area contributed by atoms with Gasteiger partial charge in [-0.3, -0.25) is 0 Å². The van der Waals surface area contributed by atoms with Gasteiger partial charge in [0, 0.05) is 26.2 Å². The highest BCUT2D eigenvalue weighted by Gasteiger charge is 2.14. The molecule has 1 heterocycles. The van der Waals surface area contributed by atoms with Gasteiger partial charge in [-0.2, -0.15) is 5.26 Å². The molecule has 0 aliphatic carbocycles. The summed E-state index contributed by atoms with van der Waals surface area (Å²) in [5, 5.41) is 9.33. The SMILES string of the molecule is C=CCN(CC=C)c1ccc(C#N)c(N(CC=C)CC=C)n1. The molecule has 22 heavy (non-hydrogen) atoms. The molecular weight excluding hydrogens is 272 g/mol. The second kappa shape index (κ2) is 9.19. The summed E-state index contributed by atoms with van der Waals surface area (Å²) in [5.74, 6) is 1.42. The number of nitriles is 1. The van der Waals surface area contributed by atoms with Crippen molar-refractivity contribution in [1.82, 2.24) is 4.98 Å². The standard InChI is InChI=1S/C18H22N4/c1-5-11-21(12-6-2)17-10-9-16(15-19)18(20-17)22(13-7-3)14-8-4/h5-10H,1-4,11-14H2. The van der Waals surface area contributed by atoms with Gasteiger partial charge >= 0.3 is 0 Å². The summed E-state index contributed by atoms with van der Waals surface area (Å²) in [6.07, 6.45) is 7.19. The summed E-state index contributed by atoms with van der Waals surface area (Å²) in [6.45, 7) is 17.6. The molecule has 0 N–H and O–H groups in total. The third-order valence-corrected chi connectivity index (χ3v) is 3.00.